The van der Waals surface area contributed by atoms with Crippen LogP contribution in [-0.2, 0) is 19.6 Å². The Kier molecular flexibility index (Phi) is 7.90. The summed E-state index contributed by atoms with van der Waals surface area (Å²) in [5, 5.41) is 5.39. The molecule has 28 heavy (non-hydrogen) atoms. The van der Waals surface area contributed by atoms with Gasteiger partial charge in [0.2, 0.25) is 15.9 Å². The SMILES string of the molecule is CCCNC(=O)[C@@H](C)NC(=O)C[NH+]1CCN(S(=O)(=O)c2ccc(F)cc2)CC1. The molecule has 0 saturated carbocycles. The number of piperazine rings is 1. The second-order valence-electron chi connectivity index (χ2n) is 6.87. The molecule has 0 aromatic heterocycles. The quantitative estimate of drug-likeness (QED) is 0.494. The largest absolute Gasteiger partial charge is 0.354 e. The Labute approximate surface area is 165 Å². The van der Waals surface area contributed by atoms with Crippen LogP contribution in [0.1, 0.15) is 20.3 Å². The van der Waals surface area contributed by atoms with E-state index in [2.05, 4.69) is 10.6 Å². The van der Waals surface area contributed by atoms with Gasteiger partial charge in [0, 0.05) is 6.54 Å². The lowest BCUT2D eigenvalue weighted by Crippen LogP contribution is -3.15. The minimum Gasteiger partial charge on any atom is -0.354 e. The Morgan fingerprint density at radius 3 is 2.39 bits per heavy atom. The van der Waals surface area contributed by atoms with Gasteiger partial charge in [-0.15, -0.1) is 0 Å². The average molecular weight is 416 g/mol. The number of hydrogen-bond donors (Lipinski definition) is 3. The first kappa shape index (κ1) is 22.3. The van der Waals surface area contributed by atoms with Gasteiger partial charge < -0.3 is 15.5 Å². The van der Waals surface area contributed by atoms with Crippen LogP contribution < -0.4 is 15.5 Å². The van der Waals surface area contributed by atoms with E-state index in [1.165, 1.54) is 16.4 Å². The Hall–Kier alpha value is -2.04. The number of benzene rings is 1. The summed E-state index contributed by atoms with van der Waals surface area (Å²) in [7, 11) is -3.67. The average Bonchev–Trinajstić information content (AvgIpc) is 2.66. The lowest BCUT2D eigenvalue weighted by Gasteiger charge is -2.31. The highest BCUT2D eigenvalue weighted by molar-refractivity contribution is 7.89. The van der Waals surface area contributed by atoms with Crippen molar-refractivity contribution in [2.24, 2.45) is 0 Å². The van der Waals surface area contributed by atoms with Crippen molar-refractivity contribution in [2.45, 2.75) is 31.2 Å². The smallest absolute Gasteiger partial charge is 0.275 e. The van der Waals surface area contributed by atoms with Crippen LogP contribution in [0, 0.1) is 5.82 Å². The summed E-state index contributed by atoms with van der Waals surface area (Å²) in [6, 6.07) is 4.14. The van der Waals surface area contributed by atoms with Crippen molar-refractivity contribution < 1.29 is 27.3 Å². The monoisotopic (exact) mass is 415 g/mol. The standard InChI is InChI=1S/C18H27FN4O4S/c1-3-8-20-18(25)14(2)21-17(24)13-22-9-11-23(12-10-22)28(26,27)16-6-4-15(19)5-7-16/h4-7,14H,3,8-13H2,1-2H3,(H,20,25)(H,21,24)/p+1/t14-/m1/s1. The molecule has 1 aromatic rings. The van der Waals surface area contributed by atoms with Crippen LogP contribution in [0.25, 0.3) is 0 Å². The Balaban J connectivity index is 1.82. The van der Waals surface area contributed by atoms with Crippen molar-refractivity contribution in [2.75, 3.05) is 39.3 Å². The summed E-state index contributed by atoms with van der Waals surface area (Å²) >= 11 is 0. The first-order chi connectivity index (χ1) is 13.2. The maximum Gasteiger partial charge on any atom is 0.275 e. The van der Waals surface area contributed by atoms with E-state index < -0.39 is 21.9 Å². The lowest BCUT2D eigenvalue weighted by atomic mass is 10.3. The Morgan fingerprint density at radius 2 is 1.82 bits per heavy atom. The second-order valence-corrected chi connectivity index (χ2v) is 8.80. The fourth-order valence-electron chi connectivity index (χ4n) is 2.96. The second kappa shape index (κ2) is 9.94. The maximum atomic E-state index is 13.0. The van der Waals surface area contributed by atoms with Crippen LogP contribution in [0.15, 0.2) is 29.2 Å². The van der Waals surface area contributed by atoms with Crippen molar-refractivity contribution in [1.82, 2.24) is 14.9 Å². The molecule has 156 valence electrons. The zero-order valence-corrected chi connectivity index (χ0v) is 17.0. The molecule has 8 nitrogen and oxygen atoms in total. The first-order valence-corrected chi connectivity index (χ1v) is 10.8. The van der Waals surface area contributed by atoms with E-state index in [4.69, 9.17) is 0 Å². The predicted octanol–water partition coefficient (Wildman–Crippen LogP) is -1.25. The van der Waals surface area contributed by atoms with Gasteiger partial charge in [-0.2, -0.15) is 4.31 Å². The Bertz CT molecular complexity index is 777. The van der Waals surface area contributed by atoms with Crippen LogP contribution in [0.5, 0.6) is 0 Å². The number of nitrogens with one attached hydrogen (secondary N) is 3. The first-order valence-electron chi connectivity index (χ1n) is 9.40. The highest BCUT2D eigenvalue weighted by Crippen LogP contribution is 2.15. The molecular formula is C18H28FN4O4S+. The number of nitrogens with zero attached hydrogens (tertiary/aromatic N) is 1. The normalized spacial score (nSPS) is 17.1. The molecule has 1 aliphatic rings. The van der Waals surface area contributed by atoms with Crippen LogP contribution >= 0.6 is 0 Å². The molecular weight excluding hydrogens is 387 g/mol. The molecule has 1 aliphatic heterocycles. The lowest BCUT2D eigenvalue weighted by molar-refractivity contribution is -0.895. The number of carbonyl (C=O) groups is 2. The Morgan fingerprint density at radius 1 is 1.21 bits per heavy atom. The molecule has 2 rings (SSSR count). The number of sulfonamides is 1. The number of halogens is 1. The summed E-state index contributed by atoms with van der Waals surface area (Å²) in [5.74, 6) is -0.957. The van der Waals surface area contributed by atoms with Crippen molar-refractivity contribution in [3.05, 3.63) is 30.1 Å². The molecule has 3 N–H and O–H groups in total. The molecule has 1 saturated heterocycles. The highest BCUT2D eigenvalue weighted by atomic mass is 32.2. The summed E-state index contributed by atoms with van der Waals surface area (Å²) in [5.41, 5.74) is 0. The van der Waals surface area contributed by atoms with E-state index >= 15 is 0 Å². The molecule has 1 aromatic carbocycles. The number of carbonyl (C=O) groups excluding carboxylic acids is 2. The third-order valence-electron chi connectivity index (χ3n) is 4.61. The van der Waals surface area contributed by atoms with E-state index in [0.717, 1.165) is 23.5 Å². The zero-order valence-electron chi connectivity index (χ0n) is 16.2. The highest BCUT2D eigenvalue weighted by Gasteiger charge is 2.31. The van der Waals surface area contributed by atoms with Gasteiger partial charge >= 0.3 is 0 Å². The van der Waals surface area contributed by atoms with Gasteiger partial charge in [-0.3, -0.25) is 9.59 Å². The van der Waals surface area contributed by atoms with Gasteiger partial charge in [-0.05, 0) is 37.6 Å². The van der Waals surface area contributed by atoms with Crippen molar-refractivity contribution in [3.8, 4) is 0 Å². The van der Waals surface area contributed by atoms with Gasteiger partial charge in [0.25, 0.3) is 5.91 Å². The molecule has 1 fully saturated rings. The van der Waals surface area contributed by atoms with Gasteiger partial charge in [-0.25, -0.2) is 12.8 Å². The van der Waals surface area contributed by atoms with E-state index in [-0.39, 0.29) is 36.3 Å². The number of hydrogen-bond acceptors (Lipinski definition) is 4. The summed E-state index contributed by atoms with van der Waals surface area (Å²) in [6.45, 7) is 5.82. The van der Waals surface area contributed by atoms with Crippen LogP contribution in [0.3, 0.4) is 0 Å². The predicted molar refractivity (Wildman–Crippen MR) is 102 cm³/mol. The minimum atomic E-state index is -3.67. The summed E-state index contributed by atoms with van der Waals surface area (Å²) in [4.78, 5) is 25.0. The fraction of sp³-hybridized carbons (Fsp3) is 0.556. The molecule has 1 atom stereocenters. The number of amides is 2. The number of rotatable bonds is 8. The molecule has 0 radical (unpaired) electrons. The minimum absolute atomic E-state index is 0.0574. The van der Waals surface area contributed by atoms with Gasteiger partial charge in [0.1, 0.15) is 11.9 Å². The molecule has 0 bridgehead atoms. The summed E-state index contributed by atoms with van der Waals surface area (Å²) in [6.07, 6.45) is 0.821. The summed E-state index contributed by atoms with van der Waals surface area (Å²) < 4.78 is 39.6. The zero-order chi connectivity index (χ0) is 20.7. The van der Waals surface area contributed by atoms with Crippen LogP contribution in [0.4, 0.5) is 4.39 Å². The molecule has 0 unspecified atom stereocenters. The van der Waals surface area contributed by atoms with Gasteiger partial charge in [0.05, 0.1) is 31.1 Å². The van der Waals surface area contributed by atoms with Crippen molar-refractivity contribution in [1.29, 1.82) is 0 Å². The van der Waals surface area contributed by atoms with E-state index in [1.807, 2.05) is 6.92 Å². The molecule has 0 aliphatic carbocycles. The van der Waals surface area contributed by atoms with Gasteiger partial charge in [0.15, 0.2) is 6.54 Å². The molecule has 1 heterocycles. The van der Waals surface area contributed by atoms with Crippen molar-refractivity contribution in [3.63, 3.8) is 0 Å². The molecule has 2 amide bonds. The third kappa shape index (κ3) is 5.98. The van der Waals surface area contributed by atoms with Crippen LogP contribution in [-0.4, -0.2) is 69.8 Å². The maximum absolute atomic E-state index is 13.0. The topological polar surface area (TPSA) is 100 Å². The van der Waals surface area contributed by atoms with Gasteiger partial charge in [-0.1, -0.05) is 6.92 Å². The molecule has 10 heteroatoms. The van der Waals surface area contributed by atoms with Crippen LogP contribution in [0.2, 0.25) is 0 Å². The third-order valence-corrected chi connectivity index (χ3v) is 6.52. The van der Waals surface area contributed by atoms with E-state index in [9.17, 15) is 22.4 Å². The van der Waals surface area contributed by atoms with E-state index in [1.54, 1.807) is 6.92 Å². The van der Waals surface area contributed by atoms with Crippen molar-refractivity contribution >= 4 is 21.8 Å². The fourth-order valence-corrected chi connectivity index (χ4v) is 4.40. The van der Waals surface area contributed by atoms with E-state index in [0.29, 0.717) is 19.6 Å². The molecule has 0 spiro atoms. The number of quaternary nitrogens is 1.